The first-order valence-corrected chi connectivity index (χ1v) is 9.39. The van der Waals surface area contributed by atoms with Crippen molar-refractivity contribution in [2.24, 2.45) is 5.41 Å². The van der Waals surface area contributed by atoms with Gasteiger partial charge in [0.25, 0.3) is 5.89 Å². The van der Waals surface area contributed by atoms with Crippen molar-refractivity contribution in [2.45, 2.75) is 44.8 Å². The Morgan fingerprint density at radius 2 is 1.97 bits per heavy atom. The average molecular weight is 410 g/mol. The van der Waals surface area contributed by atoms with Gasteiger partial charge in [0.15, 0.2) is 5.69 Å². The third-order valence-electron chi connectivity index (χ3n) is 5.68. The van der Waals surface area contributed by atoms with E-state index in [-0.39, 0.29) is 29.2 Å². The first-order chi connectivity index (χ1) is 13.7. The van der Waals surface area contributed by atoms with E-state index in [1.807, 2.05) is 4.90 Å². The van der Waals surface area contributed by atoms with E-state index >= 15 is 0 Å². The fraction of sp³-hybridized carbons (Fsp3) is 0.556. The summed E-state index contributed by atoms with van der Waals surface area (Å²) in [4.78, 5) is 18.1. The van der Waals surface area contributed by atoms with Crippen LogP contribution in [0.5, 0.6) is 0 Å². The predicted molar refractivity (Wildman–Crippen MR) is 97.5 cm³/mol. The standard InChI is InChI=1S/C18H21F3N6O2/c1-10(15(28)27-6-4-17(2-3-17)5-7-27)24-16-26-25-14(29-16)13-12(22)8-11(9-23-13)18(19,20)21/h8-10H,2-7,22H2,1H3,(H,24,26)/t10-/m0/s1. The first kappa shape index (κ1) is 19.5. The summed E-state index contributed by atoms with van der Waals surface area (Å²) in [5, 5.41) is 10.4. The van der Waals surface area contributed by atoms with Gasteiger partial charge in [-0.2, -0.15) is 13.2 Å². The van der Waals surface area contributed by atoms with E-state index in [1.165, 1.54) is 12.8 Å². The molecule has 1 saturated carbocycles. The molecule has 3 heterocycles. The van der Waals surface area contributed by atoms with Gasteiger partial charge in [-0.3, -0.25) is 4.79 Å². The Balaban J connectivity index is 1.40. The van der Waals surface area contributed by atoms with Crippen LogP contribution < -0.4 is 11.1 Å². The number of piperidine rings is 1. The normalized spacial score (nSPS) is 19.2. The summed E-state index contributed by atoms with van der Waals surface area (Å²) in [5.74, 6) is -0.195. The van der Waals surface area contributed by atoms with Crippen molar-refractivity contribution in [1.29, 1.82) is 0 Å². The van der Waals surface area contributed by atoms with Gasteiger partial charge in [-0.1, -0.05) is 5.10 Å². The molecule has 0 unspecified atom stereocenters. The Kier molecular flexibility index (Phi) is 4.62. The molecule has 0 bridgehead atoms. The monoisotopic (exact) mass is 410 g/mol. The number of likely N-dealkylation sites (tertiary alicyclic amines) is 1. The Bertz CT molecular complexity index is 915. The second-order valence-corrected chi connectivity index (χ2v) is 7.76. The van der Waals surface area contributed by atoms with Crippen LogP contribution in [0.3, 0.4) is 0 Å². The van der Waals surface area contributed by atoms with Gasteiger partial charge in [0.1, 0.15) is 6.04 Å². The smallest absolute Gasteiger partial charge is 0.402 e. The first-order valence-electron chi connectivity index (χ1n) is 9.39. The lowest BCUT2D eigenvalue weighted by Crippen LogP contribution is -2.45. The van der Waals surface area contributed by atoms with Crippen LogP contribution in [0.15, 0.2) is 16.7 Å². The number of carbonyl (C=O) groups is 1. The van der Waals surface area contributed by atoms with Gasteiger partial charge in [0, 0.05) is 19.3 Å². The molecule has 156 valence electrons. The number of hydrogen-bond acceptors (Lipinski definition) is 7. The largest absolute Gasteiger partial charge is 0.417 e. The Morgan fingerprint density at radius 3 is 2.55 bits per heavy atom. The zero-order chi connectivity index (χ0) is 20.8. The van der Waals surface area contributed by atoms with Crippen molar-refractivity contribution in [1.82, 2.24) is 20.1 Å². The van der Waals surface area contributed by atoms with Gasteiger partial charge >= 0.3 is 12.2 Å². The van der Waals surface area contributed by atoms with Crippen molar-refractivity contribution in [3.63, 3.8) is 0 Å². The second-order valence-electron chi connectivity index (χ2n) is 7.76. The highest BCUT2D eigenvalue weighted by atomic mass is 19.4. The lowest BCUT2D eigenvalue weighted by Gasteiger charge is -2.33. The number of hydrogen-bond donors (Lipinski definition) is 2. The number of nitrogens with zero attached hydrogens (tertiary/aromatic N) is 4. The second kappa shape index (κ2) is 6.89. The SMILES string of the molecule is C[C@H](Nc1nnc(-c2ncc(C(F)(F)F)cc2N)o1)C(=O)N1CCC2(CC1)CC2. The maximum Gasteiger partial charge on any atom is 0.417 e. The molecule has 1 saturated heterocycles. The van der Waals surface area contributed by atoms with Crippen LogP contribution in [0.2, 0.25) is 0 Å². The molecule has 1 amide bonds. The van der Waals surface area contributed by atoms with Crippen LogP contribution in [0.1, 0.15) is 38.2 Å². The van der Waals surface area contributed by atoms with Gasteiger partial charge < -0.3 is 20.4 Å². The summed E-state index contributed by atoms with van der Waals surface area (Å²) in [6, 6.07) is 0.140. The Morgan fingerprint density at radius 1 is 1.28 bits per heavy atom. The number of nitrogens with two attached hydrogens (primary N) is 1. The molecule has 2 aliphatic rings. The minimum absolute atomic E-state index is 0.0300. The number of nitrogen functional groups attached to an aromatic ring is 1. The number of aromatic nitrogens is 3. The number of carbonyl (C=O) groups excluding carboxylic acids is 1. The Labute approximate surface area is 164 Å². The van der Waals surface area contributed by atoms with Crippen LogP contribution in [-0.4, -0.2) is 45.1 Å². The van der Waals surface area contributed by atoms with Crippen molar-refractivity contribution in [2.75, 3.05) is 24.1 Å². The molecule has 4 rings (SSSR count). The van der Waals surface area contributed by atoms with Crippen LogP contribution >= 0.6 is 0 Å². The van der Waals surface area contributed by atoms with E-state index < -0.39 is 17.8 Å². The minimum atomic E-state index is -4.55. The molecule has 11 heteroatoms. The summed E-state index contributed by atoms with van der Waals surface area (Å²) in [6.07, 6.45) is 0.691. The lowest BCUT2D eigenvalue weighted by molar-refractivity contribution is -0.137. The highest BCUT2D eigenvalue weighted by molar-refractivity contribution is 5.83. The molecule has 1 atom stereocenters. The van der Waals surface area contributed by atoms with Gasteiger partial charge in [-0.05, 0) is 44.1 Å². The molecule has 0 aromatic carbocycles. The van der Waals surface area contributed by atoms with E-state index in [4.69, 9.17) is 10.2 Å². The minimum Gasteiger partial charge on any atom is -0.402 e. The van der Waals surface area contributed by atoms with Crippen molar-refractivity contribution in [3.05, 3.63) is 17.8 Å². The number of rotatable bonds is 4. The molecule has 0 radical (unpaired) electrons. The molecular weight excluding hydrogens is 389 g/mol. The lowest BCUT2D eigenvalue weighted by atomic mass is 9.93. The number of halogens is 3. The number of alkyl halides is 3. The van der Waals surface area contributed by atoms with Gasteiger partial charge in [0.05, 0.1) is 11.3 Å². The molecule has 8 nitrogen and oxygen atoms in total. The molecule has 2 aromatic heterocycles. The van der Waals surface area contributed by atoms with Crippen LogP contribution in [0.25, 0.3) is 11.6 Å². The van der Waals surface area contributed by atoms with E-state index in [9.17, 15) is 18.0 Å². The van der Waals surface area contributed by atoms with Crippen LogP contribution in [0, 0.1) is 5.41 Å². The van der Waals surface area contributed by atoms with Gasteiger partial charge in [0.2, 0.25) is 5.91 Å². The zero-order valence-electron chi connectivity index (χ0n) is 15.8. The average Bonchev–Trinajstić information content (AvgIpc) is 3.26. The van der Waals surface area contributed by atoms with Crippen LogP contribution in [0.4, 0.5) is 24.9 Å². The van der Waals surface area contributed by atoms with E-state index in [2.05, 4.69) is 20.5 Å². The number of amides is 1. The van der Waals surface area contributed by atoms with Crippen molar-refractivity contribution < 1.29 is 22.4 Å². The molecule has 2 fully saturated rings. The fourth-order valence-corrected chi connectivity index (χ4v) is 3.59. The maximum atomic E-state index is 12.7. The van der Waals surface area contributed by atoms with Crippen molar-refractivity contribution >= 4 is 17.6 Å². The summed E-state index contributed by atoms with van der Waals surface area (Å²) in [6.45, 7) is 3.18. The third-order valence-corrected chi connectivity index (χ3v) is 5.68. The van der Waals surface area contributed by atoms with E-state index in [0.29, 0.717) is 11.6 Å². The summed E-state index contributed by atoms with van der Waals surface area (Å²) < 4.78 is 43.6. The highest BCUT2D eigenvalue weighted by Gasteiger charge is 2.45. The Hall–Kier alpha value is -2.85. The van der Waals surface area contributed by atoms with Crippen molar-refractivity contribution in [3.8, 4) is 11.6 Å². The third kappa shape index (κ3) is 3.99. The summed E-state index contributed by atoms with van der Waals surface area (Å²) >= 11 is 0. The molecule has 3 N–H and O–H groups in total. The molecule has 29 heavy (non-hydrogen) atoms. The van der Waals surface area contributed by atoms with Gasteiger partial charge in [-0.15, -0.1) is 5.10 Å². The fourth-order valence-electron chi connectivity index (χ4n) is 3.59. The molecule has 1 aliphatic carbocycles. The topological polar surface area (TPSA) is 110 Å². The molecular formula is C18H21F3N6O2. The highest BCUT2D eigenvalue weighted by Crippen LogP contribution is 2.53. The van der Waals surface area contributed by atoms with Gasteiger partial charge in [-0.25, -0.2) is 4.98 Å². The molecule has 2 aromatic rings. The quantitative estimate of drug-likeness (QED) is 0.797. The summed E-state index contributed by atoms with van der Waals surface area (Å²) in [5.41, 5.74) is 4.88. The number of nitrogens with one attached hydrogen (secondary N) is 1. The zero-order valence-corrected chi connectivity index (χ0v) is 15.8. The van der Waals surface area contributed by atoms with E-state index in [1.54, 1.807) is 6.92 Å². The van der Waals surface area contributed by atoms with E-state index in [0.717, 1.165) is 32.0 Å². The molecule has 1 spiro atoms. The van der Waals surface area contributed by atoms with Crippen LogP contribution in [-0.2, 0) is 11.0 Å². The number of pyridine rings is 1. The predicted octanol–water partition coefficient (Wildman–Crippen LogP) is 2.94. The maximum absolute atomic E-state index is 12.7. The summed E-state index contributed by atoms with van der Waals surface area (Å²) in [7, 11) is 0. The number of anilines is 2. The molecule has 1 aliphatic heterocycles.